The Bertz CT molecular complexity index is 906. The third-order valence-corrected chi connectivity index (χ3v) is 4.96. The van der Waals surface area contributed by atoms with E-state index in [4.69, 9.17) is 0 Å². The standard InChI is InChI=1S/C16H20N8O2/c1-19-7-17-11-9(19)15(25)23(5)13(21(11)3)14-22(4)12-10(16(26)24(14)6)20(2)8-18-12/h7-8H,1-6H3/b14-13-. The maximum absolute atomic E-state index is 12.9. The second kappa shape index (κ2) is 5.10. The van der Waals surface area contributed by atoms with Crippen molar-refractivity contribution in [3.8, 4) is 0 Å². The first-order chi connectivity index (χ1) is 12.3. The lowest BCUT2D eigenvalue weighted by atomic mass is 10.2. The molecule has 0 aromatic carbocycles. The number of carbonyl (C=O) groups excluding carboxylic acids is 2. The monoisotopic (exact) mass is 356 g/mol. The molecule has 4 heterocycles. The first-order valence-electron chi connectivity index (χ1n) is 8.06. The maximum atomic E-state index is 12.9. The summed E-state index contributed by atoms with van der Waals surface area (Å²) in [6, 6.07) is 0. The van der Waals surface area contributed by atoms with Gasteiger partial charge in [0.15, 0.2) is 34.7 Å². The molecule has 0 saturated heterocycles. The van der Waals surface area contributed by atoms with E-state index in [2.05, 4.69) is 9.97 Å². The Morgan fingerprint density at radius 3 is 1.31 bits per heavy atom. The first kappa shape index (κ1) is 16.2. The van der Waals surface area contributed by atoms with E-state index >= 15 is 0 Å². The van der Waals surface area contributed by atoms with E-state index in [0.717, 1.165) is 0 Å². The number of rotatable bonds is 0. The number of hydrogen-bond donors (Lipinski definition) is 0. The first-order valence-corrected chi connectivity index (χ1v) is 8.06. The molecular weight excluding hydrogens is 336 g/mol. The Hall–Kier alpha value is -3.30. The summed E-state index contributed by atoms with van der Waals surface area (Å²) in [4.78, 5) is 41.2. The maximum Gasteiger partial charge on any atom is 0.279 e. The van der Waals surface area contributed by atoms with Crippen molar-refractivity contribution in [2.75, 3.05) is 38.0 Å². The molecule has 0 radical (unpaired) electrons. The predicted octanol–water partition coefficient (Wildman–Crippen LogP) is 0.0240. The molecule has 136 valence electrons. The van der Waals surface area contributed by atoms with Crippen LogP contribution in [0.1, 0.15) is 21.0 Å². The van der Waals surface area contributed by atoms with Crippen LogP contribution >= 0.6 is 0 Å². The molecule has 26 heavy (non-hydrogen) atoms. The summed E-state index contributed by atoms with van der Waals surface area (Å²) in [7, 11) is 10.6. The normalized spacial score (nSPS) is 20.1. The van der Waals surface area contributed by atoms with Crippen LogP contribution in [0.2, 0.25) is 0 Å². The molecule has 0 fully saturated rings. The van der Waals surface area contributed by atoms with Gasteiger partial charge in [-0.25, -0.2) is 9.97 Å². The second-order valence-corrected chi connectivity index (χ2v) is 6.55. The van der Waals surface area contributed by atoms with Crippen LogP contribution < -0.4 is 9.80 Å². The molecule has 0 unspecified atom stereocenters. The number of carbonyl (C=O) groups is 2. The highest BCUT2D eigenvalue weighted by molar-refractivity contribution is 6.03. The number of nitrogens with zero attached hydrogens (tertiary/aromatic N) is 8. The average molecular weight is 356 g/mol. The Balaban J connectivity index is 1.96. The van der Waals surface area contributed by atoms with E-state index < -0.39 is 0 Å². The zero-order valence-corrected chi connectivity index (χ0v) is 15.5. The van der Waals surface area contributed by atoms with Crippen LogP contribution in [0.5, 0.6) is 0 Å². The third-order valence-electron chi connectivity index (χ3n) is 4.96. The Labute approximate surface area is 150 Å². The van der Waals surface area contributed by atoms with Gasteiger partial charge < -0.3 is 18.9 Å². The van der Waals surface area contributed by atoms with Crippen molar-refractivity contribution in [1.29, 1.82) is 0 Å². The smallest absolute Gasteiger partial charge is 0.279 e. The van der Waals surface area contributed by atoms with Crippen LogP contribution in [-0.4, -0.2) is 68.9 Å². The fourth-order valence-corrected chi connectivity index (χ4v) is 3.58. The summed E-state index contributed by atoms with van der Waals surface area (Å²) in [5.41, 5.74) is 1.01. The zero-order chi connectivity index (χ0) is 18.9. The molecule has 2 aromatic rings. The lowest BCUT2D eigenvalue weighted by Gasteiger charge is -2.41. The highest BCUT2D eigenvalue weighted by Crippen LogP contribution is 2.36. The van der Waals surface area contributed by atoms with Crippen molar-refractivity contribution in [3.63, 3.8) is 0 Å². The number of hydrogen-bond acceptors (Lipinski definition) is 6. The van der Waals surface area contributed by atoms with E-state index in [9.17, 15) is 9.59 Å². The lowest BCUT2D eigenvalue weighted by Crippen LogP contribution is -2.50. The van der Waals surface area contributed by atoms with E-state index in [1.165, 1.54) is 9.80 Å². The molecular formula is C16H20N8O2. The van der Waals surface area contributed by atoms with Crippen molar-refractivity contribution in [2.24, 2.45) is 14.1 Å². The molecule has 0 atom stereocenters. The molecule has 2 aliphatic rings. The van der Waals surface area contributed by atoms with Crippen LogP contribution in [0, 0.1) is 0 Å². The van der Waals surface area contributed by atoms with Gasteiger partial charge in [0.05, 0.1) is 12.7 Å². The summed E-state index contributed by atoms with van der Waals surface area (Å²) >= 11 is 0. The van der Waals surface area contributed by atoms with Gasteiger partial charge >= 0.3 is 0 Å². The zero-order valence-electron chi connectivity index (χ0n) is 15.5. The van der Waals surface area contributed by atoms with Crippen molar-refractivity contribution in [3.05, 3.63) is 35.7 Å². The van der Waals surface area contributed by atoms with Gasteiger partial charge in [-0.15, -0.1) is 0 Å². The number of amides is 2. The fourth-order valence-electron chi connectivity index (χ4n) is 3.58. The number of fused-ring (bicyclic) bond motifs is 2. The van der Waals surface area contributed by atoms with Gasteiger partial charge in [-0.2, -0.15) is 0 Å². The topological polar surface area (TPSA) is 82.7 Å². The van der Waals surface area contributed by atoms with Gasteiger partial charge in [-0.1, -0.05) is 0 Å². The van der Waals surface area contributed by atoms with E-state index in [0.29, 0.717) is 34.7 Å². The lowest BCUT2D eigenvalue weighted by molar-refractivity contribution is 0.0772. The van der Waals surface area contributed by atoms with Crippen LogP contribution in [0.15, 0.2) is 24.3 Å². The van der Waals surface area contributed by atoms with Crippen LogP contribution in [-0.2, 0) is 14.1 Å². The summed E-state index contributed by atoms with van der Waals surface area (Å²) in [6.07, 6.45) is 3.22. The summed E-state index contributed by atoms with van der Waals surface area (Å²) in [6.45, 7) is 0. The van der Waals surface area contributed by atoms with Crippen molar-refractivity contribution < 1.29 is 9.59 Å². The van der Waals surface area contributed by atoms with Gasteiger partial charge in [0.2, 0.25) is 0 Å². The van der Waals surface area contributed by atoms with Crippen molar-refractivity contribution in [2.45, 2.75) is 0 Å². The molecule has 10 nitrogen and oxygen atoms in total. The Kier molecular flexibility index (Phi) is 3.17. The van der Waals surface area contributed by atoms with E-state index in [-0.39, 0.29) is 11.8 Å². The molecule has 0 saturated carbocycles. The molecule has 2 amide bonds. The van der Waals surface area contributed by atoms with Crippen molar-refractivity contribution in [1.82, 2.24) is 28.9 Å². The number of anilines is 2. The van der Waals surface area contributed by atoms with Crippen molar-refractivity contribution >= 4 is 23.5 Å². The highest BCUT2D eigenvalue weighted by Gasteiger charge is 2.41. The third kappa shape index (κ3) is 1.81. The number of aryl methyl sites for hydroxylation is 2. The van der Waals surface area contributed by atoms with E-state index in [1.54, 1.807) is 50.0 Å². The molecule has 0 N–H and O–H groups in total. The average Bonchev–Trinajstić information content (AvgIpc) is 3.17. The minimum atomic E-state index is -0.179. The Morgan fingerprint density at radius 1 is 0.615 bits per heavy atom. The van der Waals surface area contributed by atoms with Gasteiger partial charge in [0, 0.05) is 42.3 Å². The van der Waals surface area contributed by atoms with Crippen LogP contribution in [0.4, 0.5) is 11.6 Å². The molecule has 2 aliphatic heterocycles. The molecule has 2 aromatic heterocycles. The summed E-state index contributed by atoms with van der Waals surface area (Å²) in [5.74, 6) is 1.88. The quantitative estimate of drug-likeness (QED) is 0.662. The molecule has 0 spiro atoms. The van der Waals surface area contributed by atoms with E-state index in [1.807, 2.05) is 23.9 Å². The fraction of sp³-hybridized carbons (Fsp3) is 0.375. The molecule has 10 heteroatoms. The number of imidazole rings is 2. The largest absolute Gasteiger partial charge is 0.328 e. The Morgan fingerprint density at radius 2 is 0.962 bits per heavy atom. The summed E-state index contributed by atoms with van der Waals surface area (Å²) in [5, 5.41) is 0. The van der Waals surface area contributed by atoms with Crippen LogP contribution in [0.25, 0.3) is 0 Å². The SMILES string of the molecule is CN1C(=O)c2c(ncn2C)N(C)/C1=C1/N(C)C(=O)c2c(ncn2C)N1C. The minimum Gasteiger partial charge on any atom is -0.328 e. The van der Waals surface area contributed by atoms with Gasteiger partial charge in [0.25, 0.3) is 11.8 Å². The predicted molar refractivity (Wildman–Crippen MR) is 94.4 cm³/mol. The minimum absolute atomic E-state index is 0.179. The van der Waals surface area contributed by atoms with Crippen LogP contribution in [0.3, 0.4) is 0 Å². The highest BCUT2D eigenvalue weighted by atomic mass is 16.2. The summed E-state index contributed by atoms with van der Waals surface area (Å²) < 4.78 is 3.39. The molecule has 0 bridgehead atoms. The number of aromatic nitrogens is 4. The molecule has 0 aliphatic carbocycles. The molecule has 4 rings (SSSR count). The van der Waals surface area contributed by atoms with Gasteiger partial charge in [0.1, 0.15) is 0 Å². The van der Waals surface area contributed by atoms with Gasteiger partial charge in [-0.05, 0) is 0 Å². The second-order valence-electron chi connectivity index (χ2n) is 6.55. The van der Waals surface area contributed by atoms with Gasteiger partial charge in [-0.3, -0.25) is 19.4 Å².